The maximum atomic E-state index is 13.7. The first-order chi connectivity index (χ1) is 8.81. The fourth-order valence-corrected chi connectivity index (χ4v) is 1.82. The van der Waals surface area contributed by atoms with E-state index in [4.69, 9.17) is 5.73 Å². The number of rotatable bonds is 4. The number of hydrogen-bond acceptors (Lipinski definition) is 1. The Hall–Kier alpha value is -1.93. The molecule has 2 heteroatoms. The van der Waals surface area contributed by atoms with Gasteiger partial charge in [-0.1, -0.05) is 48.6 Å². The lowest BCUT2D eigenvalue weighted by atomic mass is 10.0. The summed E-state index contributed by atoms with van der Waals surface area (Å²) < 4.78 is 13.7. The van der Waals surface area contributed by atoms with Crippen LogP contribution in [0.5, 0.6) is 0 Å². The van der Waals surface area contributed by atoms with Crippen molar-refractivity contribution in [1.29, 1.82) is 0 Å². The van der Waals surface area contributed by atoms with Crippen molar-refractivity contribution in [1.82, 2.24) is 0 Å². The molecule has 0 atom stereocenters. The van der Waals surface area contributed by atoms with Crippen LogP contribution in [-0.2, 0) is 0 Å². The summed E-state index contributed by atoms with van der Waals surface area (Å²) in [5.41, 5.74) is 8.01. The highest BCUT2D eigenvalue weighted by molar-refractivity contribution is 5.67. The molecule has 18 heavy (non-hydrogen) atoms. The van der Waals surface area contributed by atoms with Gasteiger partial charge >= 0.3 is 0 Å². The van der Waals surface area contributed by atoms with Gasteiger partial charge in [0.1, 0.15) is 5.82 Å². The highest BCUT2D eigenvalue weighted by atomic mass is 19.1. The molecule has 0 spiro atoms. The molecule has 0 radical (unpaired) electrons. The third kappa shape index (κ3) is 3.05. The van der Waals surface area contributed by atoms with Gasteiger partial charge in [0.15, 0.2) is 0 Å². The molecule has 2 aromatic carbocycles. The van der Waals surface area contributed by atoms with E-state index in [2.05, 4.69) is 0 Å². The Bertz CT molecular complexity index is 546. The molecule has 0 aliphatic rings. The molecular weight excluding hydrogens is 225 g/mol. The van der Waals surface area contributed by atoms with Crippen molar-refractivity contribution in [3.63, 3.8) is 0 Å². The number of nitrogens with two attached hydrogens (primary N) is 1. The zero-order valence-corrected chi connectivity index (χ0v) is 10.1. The Morgan fingerprint density at radius 2 is 1.89 bits per heavy atom. The fourth-order valence-electron chi connectivity index (χ4n) is 1.82. The standard InChI is InChI=1S/C16H16FN/c17-16-10-2-1-9-15(16)14-8-5-7-13(12-14)6-3-4-11-18/h1-3,5-10,12H,4,11,18H2/b6-3+. The predicted octanol–water partition coefficient (Wildman–Crippen LogP) is 3.85. The van der Waals surface area contributed by atoms with Crippen LogP contribution in [0.25, 0.3) is 17.2 Å². The SMILES string of the molecule is NCC/C=C/c1cccc(-c2ccccc2F)c1. The Morgan fingerprint density at radius 3 is 2.67 bits per heavy atom. The molecule has 0 unspecified atom stereocenters. The van der Waals surface area contributed by atoms with Gasteiger partial charge in [0.25, 0.3) is 0 Å². The summed E-state index contributed by atoms with van der Waals surface area (Å²) in [5.74, 6) is -0.194. The van der Waals surface area contributed by atoms with Crippen LogP contribution >= 0.6 is 0 Å². The molecule has 2 rings (SSSR count). The zero-order valence-electron chi connectivity index (χ0n) is 10.1. The normalized spacial score (nSPS) is 11.0. The van der Waals surface area contributed by atoms with Gasteiger partial charge in [-0.15, -0.1) is 0 Å². The molecule has 0 saturated carbocycles. The van der Waals surface area contributed by atoms with Gasteiger partial charge in [0.05, 0.1) is 0 Å². The van der Waals surface area contributed by atoms with Gasteiger partial charge in [-0.3, -0.25) is 0 Å². The van der Waals surface area contributed by atoms with Crippen LogP contribution in [0.15, 0.2) is 54.6 Å². The molecule has 2 N–H and O–H groups in total. The van der Waals surface area contributed by atoms with Crippen molar-refractivity contribution in [3.8, 4) is 11.1 Å². The third-order valence-corrected chi connectivity index (χ3v) is 2.72. The minimum atomic E-state index is -0.194. The molecule has 0 aromatic heterocycles. The summed E-state index contributed by atoms with van der Waals surface area (Å²) in [7, 11) is 0. The van der Waals surface area contributed by atoms with Crippen molar-refractivity contribution in [2.45, 2.75) is 6.42 Å². The summed E-state index contributed by atoms with van der Waals surface area (Å²) in [6.45, 7) is 0.642. The lowest BCUT2D eigenvalue weighted by Gasteiger charge is -2.04. The lowest BCUT2D eigenvalue weighted by Crippen LogP contribution is -1.94. The summed E-state index contributed by atoms with van der Waals surface area (Å²) in [6.07, 6.45) is 4.89. The first kappa shape index (κ1) is 12.5. The Kier molecular flexibility index (Phi) is 4.26. The maximum absolute atomic E-state index is 13.7. The molecule has 0 saturated heterocycles. The molecular formula is C16H16FN. The van der Waals surface area contributed by atoms with E-state index < -0.39 is 0 Å². The van der Waals surface area contributed by atoms with E-state index in [1.807, 2.05) is 42.5 Å². The number of halogens is 1. The molecule has 92 valence electrons. The average molecular weight is 241 g/mol. The minimum Gasteiger partial charge on any atom is -0.330 e. The second-order valence-corrected chi connectivity index (χ2v) is 4.09. The Morgan fingerprint density at radius 1 is 1.06 bits per heavy atom. The fraction of sp³-hybridized carbons (Fsp3) is 0.125. The number of benzene rings is 2. The smallest absolute Gasteiger partial charge is 0.131 e. The molecule has 0 aliphatic heterocycles. The monoisotopic (exact) mass is 241 g/mol. The van der Waals surface area contributed by atoms with E-state index in [0.29, 0.717) is 12.1 Å². The van der Waals surface area contributed by atoms with Crippen molar-refractivity contribution < 1.29 is 4.39 Å². The van der Waals surface area contributed by atoms with E-state index in [0.717, 1.165) is 17.5 Å². The summed E-state index contributed by atoms with van der Waals surface area (Å²) >= 11 is 0. The molecule has 0 heterocycles. The van der Waals surface area contributed by atoms with E-state index in [-0.39, 0.29) is 5.82 Å². The van der Waals surface area contributed by atoms with Gasteiger partial charge in [0, 0.05) is 5.56 Å². The van der Waals surface area contributed by atoms with E-state index in [9.17, 15) is 4.39 Å². The molecule has 0 amide bonds. The Labute approximate surface area is 107 Å². The lowest BCUT2D eigenvalue weighted by molar-refractivity contribution is 0.631. The molecule has 0 aliphatic carbocycles. The predicted molar refractivity (Wildman–Crippen MR) is 74.5 cm³/mol. The van der Waals surface area contributed by atoms with Crippen molar-refractivity contribution in [2.24, 2.45) is 5.73 Å². The van der Waals surface area contributed by atoms with Gasteiger partial charge in [-0.25, -0.2) is 4.39 Å². The molecule has 2 aromatic rings. The molecule has 0 fully saturated rings. The summed E-state index contributed by atoms with van der Waals surface area (Å²) in [6, 6.07) is 14.6. The van der Waals surface area contributed by atoms with Gasteiger partial charge < -0.3 is 5.73 Å². The largest absolute Gasteiger partial charge is 0.330 e. The quantitative estimate of drug-likeness (QED) is 0.864. The molecule has 0 bridgehead atoms. The second-order valence-electron chi connectivity index (χ2n) is 4.09. The van der Waals surface area contributed by atoms with Gasteiger partial charge in [-0.2, -0.15) is 0 Å². The van der Waals surface area contributed by atoms with E-state index >= 15 is 0 Å². The van der Waals surface area contributed by atoms with Crippen molar-refractivity contribution >= 4 is 6.08 Å². The zero-order chi connectivity index (χ0) is 12.8. The first-order valence-corrected chi connectivity index (χ1v) is 6.03. The van der Waals surface area contributed by atoms with Crippen LogP contribution in [0.3, 0.4) is 0 Å². The van der Waals surface area contributed by atoms with Crippen LogP contribution in [0.2, 0.25) is 0 Å². The van der Waals surface area contributed by atoms with E-state index in [1.54, 1.807) is 12.1 Å². The minimum absolute atomic E-state index is 0.194. The maximum Gasteiger partial charge on any atom is 0.131 e. The first-order valence-electron chi connectivity index (χ1n) is 6.03. The third-order valence-electron chi connectivity index (χ3n) is 2.72. The van der Waals surface area contributed by atoms with Crippen LogP contribution in [0.1, 0.15) is 12.0 Å². The van der Waals surface area contributed by atoms with Crippen molar-refractivity contribution in [2.75, 3.05) is 6.54 Å². The summed E-state index contributed by atoms with van der Waals surface area (Å²) in [4.78, 5) is 0. The topological polar surface area (TPSA) is 26.0 Å². The van der Waals surface area contributed by atoms with Crippen LogP contribution in [0.4, 0.5) is 4.39 Å². The highest BCUT2D eigenvalue weighted by Gasteiger charge is 2.03. The van der Waals surface area contributed by atoms with E-state index in [1.165, 1.54) is 6.07 Å². The average Bonchev–Trinajstić information content (AvgIpc) is 2.40. The number of hydrogen-bond donors (Lipinski definition) is 1. The van der Waals surface area contributed by atoms with Gasteiger partial charge in [-0.05, 0) is 36.2 Å². The Balaban J connectivity index is 2.30. The van der Waals surface area contributed by atoms with Crippen LogP contribution in [0, 0.1) is 5.82 Å². The molecule has 1 nitrogen and oxygen atoms in total. The van der Waals surface area contributed by atoms with Gasteiger partial charge in [0.2, 0.25) is 0 Å². The van der Waals surface area contributed by atoms with Crippen LogP contribution in [-0.4, -0.2) is 6.54 Å². The van der Waals surface area contributed by atoms with Crippen molar-refractivity contribution in [3.05, 3.63) is 66.0 Å². The second kappa shape index (κ2) is 6.12. The summed E-state index contributed by atoms with van der Waals surface area (Å²) in [5, 5.41) is 0. The van der Waals surface area contributed by atoms with Crippen LogP contribution < -0.4 is 5.73 Å². The highest BCUT2D eigenvalue weighted by Crippen LogP contribution is 2.23.